The van der Waals surface area contributed by atoms with Crippen LogP contribution in [0.1, 0.15) is 31.1 Å². The van der Waals surface area contributed by atoms with Gasteiger partial charge >= 0.3 is 0 Å². The van der Waals surface area contributed by atoms with Crippen molar-refractivity contribution in [3.8, 4) is 17.2 Å². The average molecular weight is 501 g/mol. The van der Waals surface area contributed by atoms with E-state index < -0.39 is 6.10 Å². The van der Waals surface area contributed by atoms with E-state index in [4.69, 9.17) is 14.2 Å². The molecule has 8 nitrogen and oxygen atoms in total. The minimum atomic E-state index is -0.812. The molecule has 1 unspecified atom stereocenters. The predicted molar refractivity (Wildman–Crippen MR) is 126 cm³/mol. The first kappa shape index (κ1) is 23.5. The van der Waals surface area contributed by atoms with Crippen molar-refractivity contribution in [1.82, 2.24) is 15.2 Å². The van der Waals surface area contributed by atoms with Gasteiger partial charge in [0.25, 0.3) is 5.91 Å². The summed E-state index contributed by atoms with van der Waals surface area (Å²) in [4.78, 5) is 12.9. The zero-order valence-corrected chi connectivity index (χ0v) is 19.9. The lowest BCUT2D eigenvalue weighted by atomic mass is 10.1. The lowest BCUT2D eigenvalue weighted by molar-refractivity contribution is -0.136. The van der Waals surface area contributed by atoms with Crippen LogP contribution in [0.15, 0.2) is 64.4 Å². The number of hydrogen-bond acceptors (Lipinski definition) is 6. The SMILES string of the molecule is COc1cc(/C=N/NC(=O)C(OC(C)C)c2ccc(-n3cccn3)cc2)cc(OC)c1Br. The van der Waals surface area contributed by atoms with Crippen LogP contribution in [0.2, 0.25) is 0 Å². The van der Waals surface area contributed by atoms with E-state index in [2.05, 4.69) is 31.6 Å². The molecule has 1 atom stereocenters. The van der Waals surface area contributed by atoms with E-state index in [1.165, 1.54) is 6.21 Å². The lowest BCUT2D eigenvalue weighted by Crippen LogP contribution is -2.29. The molecule has 1 heterocycles. The second-order valence-corrected chi connectivity index (χ2v) is 7.87. The summed E-state index contributed by atoms with van der Waals surface area (Å²) in [7, 11) is 3.13. The summed E-state index contributed by atoms with van der Waals surface area (Å²) < 4.78 is 19.0. The largest absolute Gasteiger partial charge is 0.495 e. The van der Waals surface area contributed by atoms with Crippen LogP contribution >= 0.6 is 15.9 Å². The maximum Gasteiger partial charge on any atom is 0.273 e. The minimum Gasteiger partial charge on any atom is -0.495 e. The summed E-state index contributed by atoms with van der Waals surface area (Å²) in [5.74, 6) is 0.809. The number of amides is 1. The van der Waals surface area contributed by atoms with Crippen molar-refractivity contribution in [2.24, 2.45) is 5.10 Å². The summed E-state index contributed by atoms with van der Waals surface area (Å²) >= 11 is 3.43. The Kier molecular flexibility index (Phi) is 8.02. The molecule has 0 saturated carbocycles. The van der Waals surface area contributed by atoms with Gasteiger partial charge in [0.2, 0.25) is 0 Å². The van der Waals surface area contributed by atoms with Gasteiger partial charge < -0.3 is 14.2 Å². The molecule has 1 aromatic heterocycles. The molecule has 0 aliphatic rings. The Bertz CT molecular complexity index is 1040. The van der Waals surface area contributed by atoms with Crippen molar-refractivity contribution in [1.29, 1.82) is 0 Å². The van der Waals surface area contributed by atoms with E-state index in [0.717, 1.165) is 5.69 Å². The molecule has 1 N–H and O–H groups in total. The van der Waals surface area contributed by atoms with Gasteiger partial charge in [0.15, 0.2) is 6.10 Å². The minimum absolute atomic E-state index is 0.152. The maximum atomic E-state index is 12.9. The highest BCUT2D eigenvalue weighted by Crippen LogP contribution is 2.35. The topological polar surface area (TPSA) is 87.0 Å². The van der Waals surface area contributed by atoms with Crippen molar-refractivity contribution in [3.63, 3.8) is 0 Å². The van der Waals surface area contributed by atoms with E-state index in [1.807, 2.05) is 50.4 Å². The molecule has 3 rings (SSSR count). The number of hydrogen-bond donors (Lipinski definition) is 1. The van der Waals surface area contributed by atoms with Crippen LogP contribution < -0.4 is 14.9 Å². The summed E-state index contributed by atoms with van der Waals surface area (Å²) in [6, 6.07) is 12.9. The number of nitrogens with one attached hydrogen (secondary N) is 1. The van der Waals surface area contributed by atoms with E-state index in [9.17, 15) is 4.79 Å². The van der Waals surface area contributed by atoms with Gasteiger partial charge in [-0.15, -0.1) is 0 Å². The first-order valence-electron chi connectivity index (χ1n) is 9.92. The molecule has 9 heteroatoms. The molecule has 0 radical (unpaired) electrons. The number of aromatic nitrogens is 2. The number of benzene rings is 2. The highest BCUT2D eigenvalue weighted by molar-refractivity contribution is 9.10. The zero-order valence-electron chi connectivity index (χ0n) is 18.3. The highest BCUT2D eigenvalue weighted by atomic mass is 79.9. The summed E-state index contributed by atoms with van der Waals surface area (Å²) in [6.07, 6.45) is 4.11. The molecule has 0 bridgehead atoms. The lowest BCUT2D eigenvalue weighted by Gasteiger charge is -2.19. The molecular weight excluding hydrogens is 476 g/mol. The molecule has 0 saturated heterocycles. The standard InChI is InChI=1S/C23H25BrN4O4/c1-15(2)32-22(17-6-8-18(9-7-17)28-11-5-10-26-28)23(29)27-25-14-16-12-19(30-3)21(24)20(13-16)31-4/h5-15,22H,1-4H3,(H,27,29)/b25-14+. The second kappa shape index (κ2) is 10.9. The fourth-order valence-corrected chi connectivity index (χ4v) is 3.53. The van der Waals surface area contributed by atoms with Crippen molar-refractivity contribution in [2.75, 3.05) is 14.2 Å². The fraction of sp³-hybridized carbons (Fsp3) is 0.261. The summed E-state index contributed by atoms with van der Waals surface area (Å²) in [5.41, 5.74) is 4.87. The number of rotatable bonds is 9. The quantitative estimate of drug-likeness (QED) is 0.350. The average Bonchev–Trinajstić information content (AvgIpc) is 3.33. The molecule has 0 spiro atoms. The maximum absolute atomic E-state index is 12.9. The Labute approximate surface area is 195 Å². The van der Waals surface area contributed by atoms with Gasteiger partial charge in [-0.25, -0.2) is 10.1 Å². The van der Waals surface area contributed by atoms with E-state index in [0.29, 0.717) is 27.1 Å². The Morgan fingerprint density at radius 3 is 2.34 bits per heavy atom. The third-order valence-corrected chi connectivity index (χ3v) is 5.25. The van der Waals surface area contributed by atoms with Gasteiger partial charge in [0.05, 0.1) is 32.2 Å². The van der Waals surface area contributed by atoms with Gasteiger partial charge in [-0.2, -0.15) is 10.2 Å². The van der Waals surface area contributed by atoms with E-state index in [-0.39, 0.29) is 12.0 Å². The Morgan fingerprint density at radius 2 is 1.81 bits per heavy atom. The number of ether oxygens (including phenoxy) is 3. The normalized spacial score (nSPS) is 12.2. The van der Waals surface area contributed by atoms with Crippen LogP contribution in [0.3, 0.4) is 0 Å². The number of methoxy groups -OCH3 is 2. The van der Waals surface area contributed by atoms with Crippen LogP contribution in [0, 0.1) is 0 Å². The van der Waals surface area contributed by atoms with Crippen LogP contribution in [-0.4, -0.2) is 42.2 Å². The van der Waals surface area contributed by atoms with Crippen LogP contribution in [0.25, 0.3) is 5.69 Å². The first-order valence-corrected chi connectivity index (χ1v) is 10.7. The molecule has 1 amide bonds. The van der Waals surface area contributed by atoms with Gasteiger partial charge in [0, 0.05) is 18.0 Å². The van der Waals surface area contributed by atoms with Crippen molar-refractivity contribution < 1.29 is 19.0 Å². The highest BCUT2D eigenvalue weighted by Gasteiger charge is 2.22. The number of carbonyl (C=O) groups excluding carboxylic acids is 1. The first-order chi connectivity index (χ1) is 15.4. The van der Waals surface area contributed by atoms with Crippen LogP contribution in [0.4, 0.5) is 0 Å². The molecule has 32 heavy (non-hydrogen) atoms. The van der Waals surface area contributed by atoms with E-state index >= 15 is 0 Å². The third-order valence-electron chi connectivity index (χ3n) is 4.47. The Balaban J connectivity index is 1.75. The van der Waals surface area contributed by atoms with Crippen molar-refractivity contribution in [3.05, 3.63) is 70.5 Å². The predicted octanol–water partition coefficient (Wildman–Crippen LogP) is 4.27. The van der Waals surface area contributed by atoms with E-state index in [1.54, 1.807) is 37.2 Å². The smallest absolute Gasteiger partial charge is 0.273 e. The Morgan fingerprint density at radius 1 is 1.16 bits per heavy atom. The van der Waals surface area contributed by atoms with Gasteiger partial charge in [-0.3, -0.25) is 4.79 Å². The van der Waals surface area contributed by atoms with Crippen LogP contribution in [0.5, 0.6) is 11.5 Å². The van der Waals surface area contributed by atoms with Crippen molar-refractivity contribution >= 4 is 28.1 Å². The van der Waals surface area contributed by atoms with Gasteiger partial charge in [0.1, 0.15) is 16.0 Å². The number of halogens is 1. The van der Waals surface area contributed by atoms with Crippen molar-refractivity contribution in [2.45, 2.75) is 26.1 Å². The number of nitrogens with zero attached hydrogens (tertiary/aromatic N) is 3. The second-order valence-electron chi connectivity index (χ2n) is 7.08. The molecule has 0 aliphatic heterocycles. The fourth-order valence-electron chi connectivity index (χ4n) is 2.98. The summed E-state index contributed by atoms with van der Waals surface area (Å²) in [5, 5.41) is 8.30. The molecule has 0 fully saturated rings. The molecule has 3 aromatic rings. The number of carbonyl (C=O) groups is 1. The molecule has 0 aliphatic carbocycles. The summed E-state index contributed by atoms with van der Waals surface area (Å²) in [6.45, 7) is 3.75. The monoisotopic (exact) mass is 500 g/mol. The molecule has 168 valence electrons. The van der Waals surface area contributed by atoms with Gasteiger partial charge in [-0.1, -0.05) is 12.1 Å². The molecular formula is C23H25BrN4O4. The van der Waals surface area contributed by atoms with Crippen LogP contribution in [-0.2, 0) is 9.53 Å². The number of hydrazone groups is 1. The molecule has 2 aromatic carbocycles. The third kappa shape index (κ3) is 5.74. The Hall–Kier alpha value is -3.17. The van der Waals surface area contributed by atoms with Gasteiger partial charge in [-0.05, 0) is 65.7 Å². The zero-order chi connectivity index (χ0) is 23.1.